The lowest BCUT2D eigenvalue weighted by Crippen LogP contribution is -2.01. The van der Waals surface area contributed by atoms with Crippen molar-refractivity contribution in [3.8, 4) is 6.07 Å². The lowest BCUT2D eigenvalue weighted by molar-refractivity contribution is -0.384. The van der Waals surface area contributed by atoms with Crippen molar-refractivity contribution in [2.75, 3.05) is 5.32 Å². The third-order valence-electron chi connectivity index (χ3n) is 2.73. The number of halogens is 1. The maximum atomic E-state index is 10.5. The molecular weight excluding hydrogens is 278 g/mol. The van der Waals surface area contributed by atoms with E-state index in [-0.39, 0.29) is 5.69 Å². The van der Waals surface area contributed by atoms with E-state index in [2.05, 4.69) is 11.4 Å². The van der Waals surface area contributed by atoms with Crippen molar-refractivity contribution in [3.05, 3.63) is 68.7 Å². The summed E-state index contributed by atoms with van der Waals surface area (Å²) in [5.41, 5.74) is 2.07. The predicted octanol–water partition coefficient (Wildman–Crippen LogP) is 3.73. The monoisotopic (exact) mass is 287 g/mol. The van der Waals surface area contributed by atoms with Gasteiger partial charge in [-0.3, -0.25) is 10.1 Å². The van der Waals surface area contributed by atoms with E-state index in [1.54, 1.807) is 30.3 Å². The zero-order valence-electron chi connectivity index (χ0n) is 10.3. The molecule has 20 heavy (non-hydrogen) atoms. The van der Waals surface area contributed by atoms with Crippen LogP contribution in [0.3, 0.4) is 0 Å². The minimum atomic E-state index is -0.440. The van der Waals surface area contributed by atoms with Crippen LogP contribution in [0.1, 0.15) is 11.1 Å². The van der Waals surface area contributed by atoms with E-state index in [9.17, 15) is 10.1 Å². The molecule has 0 aromatic heterocycles. The van der Waals surface area contributed by atoms with Gasteiger partial charge in [0.25, 0.3) is 5.69 Å². The number of anilines is 1. The number of non-ortho nitro benzene ring substituents is 1. The zero-order valence-corrected chi connectivity index (χ0v) is 11.1. The highest BCUT2D eigenvalue weighted by Gasteiger charge is 2.05. The van der Waals surface area contributed by atoms with Crippen molar-refractivity contribution >= 4 is 23.0 Å². The Bertz CT molecular complexity index is 678. The summed E-state index contributed by atoms with van der Waals surface area (Å²) >= 11 is 5.82. The molecule has 0 bridgehead atoms. The summed E-state index contributed by atoms with van der Waals surface area (Å²) in [5, 5.41) is 23.2. The summed E-state index contributed by atoms with van der Waals surface area (Å²) in [5.74, 6) is 0. The molecule has 5 nitrogen and oxygen atoms in total. The normalized spacial score (nSPS) is 9.80. The first-order valence-electron chi connectivity index (χ1n) is 5.77. The molecule has 0 saturated heterocycles. The second kappa shape index (κ2) is 6.04. The maximum Gasteiger partial charge on any atom is 0.269 e. The lowest BCUT2D eigenvalue weighted by Gasteiger charge is -2.08. The molecule has 2 aromatic rings. The number of nitrogens with zero attached hydrogens (tertiary/aromatic N) is 2. The van der Waals surface area contributed by atoms with Crippen LogP contribution >= 0.6 is 11.6 Å². The summed E-state index contributed by atoms with van der Waals surface area (Å²) < 4.78 is 0. The van der Waals surface area contributed by atoms with Crippen LogP contribution in [0.15, 0.2) is 42.5 Å². The van der Waals surface area contributed by atoms with Gasteiger partial charge < -0.3 is 5.32 Å². The van der Waals surface area contributed by atoms with Crippen LogP contribution in [-0.2, 0) is 6.54 Å². The summed E-state index contributed by atoms with van der Waals surface area (Å²) in [6.45, 7) is 0.467. The van der Waals surface area contributed by atoms with E-state index in [1.165, 1.54) is 12.1 Å². The van der Waals surface area contributed by atoms with Crippen molar-refractivity contribution in [2.45, 2.75) is 6.54 Å². The lowest BCUT2D eigenvalue weighted by atomic mass is 10.1. The van der Waals surface area contributed by atoms with Gasteiger partial charge in [0, 0.05) is 23.7 Å². The predicted molar refractivity (Wildman–Crippen MR) is 76.6 cm³/mol. The first-order valence-corrected chi connectivity index (χ1v) is 6.15. The van der Waals surface area contributed by atoms with Gasteiger partial charge in [-0.25, -0.2) is 0 Å². The molecule has 0 aliphatic heterocycles. The summed E-state index contributed by atoms with van der Waals surface area (Å²) in [6, 6.07) is 13.3. The zero-order chi connectivity index (χ0) is 14.5. The van der Waals surface area contributed by atoms with Crippen LogP contribution in [-0.4, -0.2) is 4.92 Å². The molecule has 0 heterocycles. The molecule has 2 aromatic carbocycles. The highest BCUT2D eigenvalue weighted by Crippen LogP contribution is 2.21. The van der Waals surface area contributed by atoms with E-state index >= 15 is 0 Å². The molecule has 0 amide bonds. The minimum absolute atomic E-state index is 0.0537. The van der Waals surface area contributed by atoms with Crippen LogP contribution in [0.5, 0.6) is 0 Å². The third kappa shape index (κ3) is 3.25. The number of rotatable bonds is 4. The van der Waals surface area contributed by atoms with Crippen molar-refractivity contribution in [1.29, 1.82) is 5.26 Å². The van der Waals surface area contributed by atoms with Crippen molar-refractivity contribution in [3.63, 3.8) is 0 Å². The molecule has 0 aliphatic carbocycles. The third-order valence-corrected chi connectivity index (χ3v) is 2.97. The van der Waals surface area contributed by atoms with Gasteiger partial charge in [-0.15, -0.1) is 0 Å². The smallest absolute Gasteiger partial charge is 0.269 e. The number of hydrogen-bond acceptors (Lipinski definition) is 4. The second-order valence-corrected chi connectivity index (χ2v) is 4.52. The molecular formula is C14H10ClN3O2. The fourth-order valence-electron chi connectivity index (χ4n) is 1.70. The van der Waals surface area contributed by atoms with Gasteiger partial charge in [-0.2, -0.15) is 5.26 Å². The molecule has 100 valence electrons. The number of nitrogens with one attached hydrogen (secondary N) is 1. The number of nitro benzene ring substituents is 1. The quantitative estimate of drug-likeness (QED) is 0.686. The topological polar surface area (TPSA) is 79.0 Å². The van der Waals surface area contributed by atoms with Crippen LogP contribution < -0.4 is 5.32 Å². The Morgan fingerprint density at radius 3 is 2.55 bits per heavy atom. The molecule has 1 N–H and O–H groups in total. The highest BCUT2D eigenvalue weighted by atomic mass is 35.5. The average molecular weight is 288 g/mol. The second-order valence-electron chi connectivity index (χ2n) is 4.08. The number of nitriles is 1. The van der Waals surface area contributed by atoms with Crippen LogP contribution in [0.4, 0.5) is 11.4 Å². The summed E-state index contributed by atoms with van der Waals surface area (Å²) in [7, 11) is 0. The Morgan fingerprint density at radius 1 is 1.25 bits per heavy atom. The Labute approximate surface area is 120 Å². The van der Waals surface area contributed by atoms with E-state index in [0.29, 0.717) is 22.8 Å². The van der Waals surface area contributed by atoms with Gasteiger partial charge in [-0.05, 0) is 23.8 Å². The Morgan fingerprint density at radius 2 is 1.95 bits per heavy atom. The molecule has 6 heteroatoms. The van der Waals surface area contributed by atoms with Crippen molar-refractivity contribution in [2.24, 2.45) is 0 Å². The largest absolute Gasteiger partial charge is 0.380 e. The molecule has 0 radical (unpaired) electrons. The van der Waals surface area contributed by atoms with Crippen LogP contribution in [0.25, 0.3) is 0 Å². The van der Waals surface area contributed by atoms with Gasteiger partial charge in [0.15, 0.2) is 0 Å². The fourth-order valence-corrected chi connectivity index (χ4v) is 1.87. The van der Waals surface area contributed by atoms with Gasteiger partial charge in [-0.1, -0.05) is 23.7 Å². The number of benzene rings is 2. The fraction of sp³-hybridized carbons (Fsp3) is 0.0714. The summed E-state index contributed by atoms with van der Waals surface area (Å²) in [6.07, 6.45) is 0. The van der Waals surface area contributed by atoms with Gasteiger partial charge in [0.2, 0.25) is 0 Å². The average Bonchev–Trinajstić information content (AvgIpc) is 2.46. The minimum Gasteiger partial charge on any atom is -0.380 e. The molecule has 0 unspecified atom stereocenters. The Balaban J connectivity index is 2.09. The summed E-state index contributed by atoms with van der Waals surface area (Å²) in [4.78, 5) is 10.1. The Hall–Kier alpha value is -2.58. The van der Waals surface area contributed by atoms with Crippen LogP contribution in [0, 0.1) is 21.4 Å². The van der Waals surface area contributed by atoms with Gasteiger partial charge in [0.1, 0.15) is 6.07 Å². The van der Waals surface area contributed by atoms with Gasteiger partial charge >= 0.3 is 0 Å². The molecule has 0 aliphatic rings. The molecule has 2 rings (SSSR count). The maximum absolute atomic E-state index is 10.5. The van der Waals surface area contributed by atoms with Crippen molar-refractivity contribution < 1.29 is 4.92 Å². The van der Waals surface area contributed by atoms with E-state index < -0.39 is 4.92 Å². The Kier molecular flexibility index (Phi) is 4.18. The van der Waals surface area contributed by atoms with E-state index in [1.807, 2.05) is 0 Å². The first-order chi connectivity index (χ1) is 9.60. The number of nitro groups is 1. The molecule has 0 spiro atoms. The highest BCUT2D eigenvalue weighted by molar-refractivity contribution is 6.30. The van der Waals surface area contributed by atoms with Crippen LogP contribution in [0.2, 0.25) is 5.02 Å². The molecule has 0 saturated carbocycles. The molecule has 0 fully saturated rings. The molecule has 0 atom stereocenters. The van der Waals surface area contributed by atoms with Crippen molar-refractivity contribution in [1.82, 2.24) is 0 Å². The standard InChI is InChI=1S/C14H10ClN3O2/c15-12-3-6-14(11(7-12)8-16)17-9-10-1-4-13(5-2-10)18(19)20/h1-7,17H,9H2. The van der Waals surface area contributed by atoms with E-state index in [4.69, 9.17) is 16.9 Å². The van der Waals surface area contributed by atoms with Gasteiger partial charge in [0.05, 0.1) is 16.2 Å². The SMILES string of the molecule is N#Cc1cc(Cl)ccc1NCc1ccc([N+](=O)[O-])cc1. The first kappa shape index (κ1) is 13.8. The number of hydrogen-bond donors (Lipinski definition) is 1. The van der Waals surface area contributed by atoms with E-state index in [0.717, 1.165) is 5.56 Å².